The zero-order valence-corrected chi connectivity index (χ0v) is 20.1. The van der Waals surface area contributed by atoms with Gasteiger partial charge in [-0.25, -0.2) is 0 Å². The van der Waals surface area contributed by atoms with E-state index in [0.717, 1.165) is 19.3 Å². The molecule has 0 aliphatic heterocycles. The first kappa shape index (κ1) is 26.2. The first-order valence-corrected chi connectivity index (χ1v) is 11.9. The molecule has 0 bridgehead atoms. The number of hydrogen-bond acceptors (Lipinski definition) is 5. The number of anilines is 1. The third-order valence-electron chi connectivity index (χ3n) is 5.68. The Morgan fingerprint density at radius 2 is 2.00 bits per heavy atom. The van der Waals surface area contributed by atoms with Crippen LogP contribution in [0.1, 0.15) is 58.8 Å². The summed E-state index contributed by atoms with van der Waals surface area (Å²) in [6.45, 7) is 4.00. The molecule has 2 rings (SSSR count). The minimum atomic E-state index is -0.731. The average molecular weight is 480 g/mol. The summed E-state index contributed by atoms with van der Waals surface area (Å²) >= 11 is 12.0. The highest BCUT2D eigenvalue weighted by Crippen LogP contribution is 2.26. The fourth-order valence-corrected chi connectivity index (χ4v) is 4.52. The van der Waals surface area contributed by atoms with Gasteiger partial charge in [0.25, 0.3) is 0 Å². The average Bonchev–Trinajstić information content (AvgIpc) is 2.73. The third kappa shape index (κ3) is 8.44. The number of nitrogens with one attached hydrogen (secondary N) is 2. The highest BCUT2D eigenvalue weighted by atomic mass is 35.5. The summed E-state index contributed by atoms with van der Waals surface area (Å²) in [6.07, 6.45) is 4.10. The smallest absolute Gasteiger partial charge is 0.224 e. The quantitative estimate of drug-likeness (QED) is 0.455. The first-order chi connectivity index (χ1) is 15.2. The van der Waals surface area contributed by atoms with Crippen molar-refractivity contribution in [2.75, 3.05) is 11.9 Å². The van der Waals surface area contributed by atoms with Crippen molar-refractivity contribution in [3.63, 3.8) is 0 Å². The van der Waals surface area contributed by atoms with Crippen molar-refractivity contribution in [2.24, 2.45) is 17.8 Å². The number of hydrogen-bond donors (Lipinski definition) is 2. The molecule has 174 valence electrons. The minimum Gasteiger partial charge on any atom is -0.377 e. The fraction of sp³-hybridized carbons (Fsp3) is 0.583. The van der Waals surface area contributed by atoms with Gasteiger partial charge in [0.1, 0.15) is 11.8 Å². The summed E-state index contributed by atoms with van der Waals surface area (Å²) in [5.41, 5.74) is 0.593. The van der Waals surface area contributed by atoms with E-state index in [1.54, 1.807) is 18.2 Å². The molecule has 6 nitrogen and oxygen atoms in total. The Morgan fingerprint density at radius 3 is 2.62 bits per heavy atom. The number of amides is 1. The lowest BCUT2D eigenvalue weighted by Gasteiger charge is -2.25. The van der Waals surface area contributed by atoms with Crippen molar-refractivity contribution in [1.82, 2.24) is 5.32 Å². The summed E-state index contributed by atoms with van der Waals surface area (Å²) in [6, 6.07) is 6.34. The maximum absolute atomic E-state index is 12.9. The van der Waals surface area contributed by atoms with Crippen LogP contribution in [-0.4, -0.2) is 30.1 Å². The van der Waals surface area contributed by atoms with E-state index in [-0.39, 0.29) is 42.3 Å². The van der Waals surface area contributed by atoms with Crippen LogP contribution in [0, 0.1) is 29.1 Å². The van der Waals surface area contributed by atoms with Crippen molar-refractivity contribution in [3.8, 4) is 6.07 Å². The molecule has 1 fully saturated rings. The molecule has 8 heteroatoms. The minimum absolute atomic E-state index is 0.0292. The van der Waals surface area contributed by atoms with E-state index in [4.69, 9.17) is 23.2 Å². The number of Topliss-reactive ketones (excluding diaryl/α,β-unsaturated/α-hetero) is 2. The maximum atomic E-state index is 12.9. The van der Waals surface area contributed by atoms with E-state index in [1.165, 1.54) is 0 Å². The van der Waals surface area contributed by atoms with Crippen molar-refractivity contribution >= 4 is 46.4 Å². The first-order valence-electron chi connectivity index (χ1n) is 11.1. The summed E-state index contributed by atoms with van der Waals surface area (Å²) in [4.78, 5) is 37.6. The number of nitrogens with zero attached hydrogens (tertiary/aromatic N) is 1. The van der Waals surface area contributed by atoms with Crippen LogP contribution in [0.3, 0.4) is 0 Å². The van der Waals surface area contributed by atoms with E-state index in [2.05, 4.69) is 16.7 Å². The van der Waals surface area contributed by atoms with Crippen molar-refractivity contribution in [3.05, 3.63) is 28.2 Å². The summed E-state index contributed by atoms with van der Waals surface area (Å²) < 4.78 is 0. The zero-order chi connectivity index (χ0) is 23.7. The Kier molecular flexibility index (Phi) is 10.5. The van der Waals surface area contributed by atoms with E-state index in [9.17, 15) is 19.6 Å². The molecule has 0 radical (unpaired) electrons. The highest BCUT2D eigenvalue weighted by molar-refractivity contribution is 6.36. The molecule has 1 aliphatic carbocycles. The van der Waals surface area contributed by atoms with Crippen LogP contribution < -0.4 is 10.6 Å². The molecule has 2 N–H and O–H groups in total. The molecule has 32 heavy (non-hydrogen) atoms. The van der Waals surface area contributed by atoms with Crippen LogP contribution in [0.2, 0.25) is 10.0 Å². The highest BCUT2D eigenvalue weighted by Gasteiger charge is 2.29. The Hall–Kier alpha value is -2.10. The number of benzene rings is 1. The van der Waals surface area contributed by atoms with Crippen LogP contribution in [-0.2, 0) is 14.4 Å². The van der Waals surface area contributed by atoms with Crippen LogP contribution >= 0.6 is 23.2 Å². The largest absolute Gasteiger partial charge is 0.377 e. The number of nitriles is 1. The van der Waals surface area contributed by atoms with Gasteiger partial charge in [-0.1, -0.05) is 43.5 Å². The standard InChI is InChI=1S/C24H31Cl2N3O3/c1-15(2)9-17(11-20(30)14-28-22-8-7-18(25)12-21(22)26)24(32)29-19(13-27)10-16-5-3-4-6-23(16)31/h7-8,12,15-17,19,28H,3-6,9-11,14H2,1-2H3,(H,29,32)/t16-,17+,19-/m0/s1. The van der Waals surface area contributed by atoms with Gasteiger partial charge >= 0.3 is 0 Å². The number of halogens is 2. The van der Waals surface area contributed by atoms with Gasteiger partial charge in [-0.3, -0.25) is 14.4 Å². The van der Waals surface area contributed by atoms with Gasteiger partial charge in [0.15, 0.2) is 5.78 Å². The van der Waals surface area contributed by atoms with Gasteiger partial charge in [0.2, 0.25) is 5.91 Å². The number of rotatable bonds is 11. The van der Waals surface area contributed by atoms with Crippen molar-refractivity contribution < 1.29 is 14.4 Å². The Morgan fingerprint density at radius 1 is 1.25 bits per heavy atom. The van der Waals surface area contributed by atoms with Crippen LogP contribution in [0.4, 0.5) is 5.69 Å². The predicted molar refractivity (Wildman–Crippen MR) is 127 cm³/mol. The molecule has 0 aromatic heterocycles. The second-order valence-electron chi connectivity index (χ2n) is 8.88. The second kappa shape index (κ2) is 12.8. The van der Waals surface area contributed by atoms with Crippen LogP contribution in [0.15, 0.2) is 18.2 Å². The molecule has 1 aliphatic rings. The van der Waals surface area contributed by atoms with E-state index < -0.39 is 12.0 Å². The summed E-state index contributed by atoms with van der Waals surface area (Å²) in [5, 5.41) is 16.2. The second-order valence-corrected chi connectivity index (χ2v) is 9.73. The normalized spacial score (nSPS) is 18.0. The van der Waals surface area contributed by atoms with Gasteiger partial charge in [-0.05, 0) is 49.8 Å². The van der Waals surface area contributed by atoms with Crippen molar-refractivity contribution in [2.45, 2.75) is 64.8 Å². The van der Waals surface area contributed by atoms with Gasteiger partial charge in [0, 0.05) is 29.7 Å². The van der Waals surface area contributed by atoms with Gasteiger partial charge in [-0.15, -0.1) is 0 Å². The van der Waals surface area contributed by atoms with E-state index >= 15 is 0 Å². The lowest BCUT2D eigenvalue weighted by atomic mass is 9.83. The van der Waals surface area contributed by atoms with Gasteiger partial charge in [0.05, 0.1) is 23.3 Å². The van der Waals surface area contributed by atoms with Gasteiger partial charge < -0.3 is 10.6 Å². The third-order valence-corrected chi connectivity index (χ3v) is 6.23. The SMILES string of the molecule is CC(C)C[C@H](CC(=O)CNc1ccc(Cl)cc1Cl)C(=O)N[C@H](C#N)C[C@@H]1CCCCC1=O. The number of carbonyl (C=O) groups excluding carboxylic acids is 3. The number of carbonyl (C=O) groups is 3. The molecule has 1 amide bonds. The molecule has 0 spiro atoms. The molecular formula is C24H31Cl2N3O3. The number of ketones is 2. The van der Waals surface area contributed by atoms with E-state index in [0.29, 0.717) is 35.0 Å². The van der Waals surface area contributed by atoms with E-state index in [1.807, 2.05) is 13.8 Å². The molecule has 0 unspecified atom stereocenters. The zero-order valence-electron chi connectivity index (χ0n) is 18.6. The maximum Gasteiger partial charge on any atom is 0.224 e. The Balaban J connectivity index is 1.94. The predicted octanol–water partition coefficient (Wildman–Crippen LogP) is 5.18. The molecule has 0 heterocycles. The Bertz CT molecular complexity index is 867. The lowest BCUT2D eigenvalue weighted by Crippen LogP contribution is -2.41. The van der Waals surface area contributed by atoms with Crippen LogP contribution in [0.25, 0.3) is 0 Å². The molecule has 1 aromatic carbocycles. The molecular weight excluding hydrogens is 449 g/mol. The molecule has 3 atom stereocenters. The Labute approximate surface area is 200 Å². The van der Waals surface area contributed by atoms with Crippen LogP contribution in [0.5, 0.6) is 0 Å². The molecule has 1 saturated carbocycles. The summed E-state index contributed by atoms with van der Waals surface area (Å²) in [5.74, 6) is -0.779. The molecule has 0 saturated heterocycles. The molecule has 1 aromatic rings. The fourth-order valence-electron chi connectivity index (χ4n) is 4.05. The monoisotopic (exact) mass is 479 g/mol. The van der Waals surface area contributed by atoms with Gasteiger partial charge in [-0.2, -0.15) is 5.26 Å². The topological polar surface area (TPSA) is 99.1 Å². The van der Waals surface area contributed by atoms with Crippen molar-refractivity contribution in [1.29, 1.82) is 5.26 Å². The summed E-state index contributed by atoms with van der Waals surface area (Å²) in [7, 11) is 0. The lowest BCUT2D eigenvalue weighted by molar-refractivity contribution is -0.130.